The molecule has 0 aromatic carbocycles. The molecule has 0 saturated carbocycles. The Labute approximate surface area is 72.8 Å². The second-order valence-electron chi connectivity index (χ2n) is 3.52. The van der Waals surface area contributed by atoms with E-state index in [2.05, 4.69) is 28.1 Å². The third kappa shape index (κ3) is 1.25. The quantitative estimate of drug-likeness (QED) is 0.673. The highest BCUT2D eigenvalue weighted by Crippen LogP contribution is 2.16. The summed E-state index contributed by atoms with van der Waals surface area (Å²) < 4.78 is 2.15. The monoisotopic (exact) mass is 165 g/mol. The summed E-state index contributed by atoms with van der Waals surface area (Å²) in [6.07, 6.45) is 1.21. The van der Waals surface area contributed by atoms with Crippen molar-refractivity contribution >= 4 is 0 Å². The zero-order valence-corrected chi connectivity index (χ0v) is 7.67. The lowest BCUT2D eigenvalue weighted by Crippen LogP contribution is -2.15. The molecule has 0 unspecified atom stereocenters. The molecule has 0 radical (unpaired) electrons. The van der Waals surface area contributed by atoms with Gasteiger partial charge in [0, 0.05) is 12.2 Å². The van der Waals surface area contributed by atoms with Gasteiger partial charge in [-0.1, -0.05) is 0 Å². The standard InChI is InChI=1S/C9H15N3/c1-7-5-8(2)12(11-7)9-3-4-10-6-9/h5,9-10H,3-4,6H2,1-2H3/t9-/m1/s1. The Morgan fingerprint density at radius 1 is 1.58 bits per heavy atom. The first-order chi connectivity index (χ1) is 5.77. The van der Waals surface area contributed by atoms with Crippen molar-refractivity contribution in [2.24, 2.45) is 0 Å². The third-order valence-corrected chi connectivity index (χ3v) is 2.42. The van der Waals surface area contributed by atoms with E-state index in [1.165, 1.54) is 12.1 Å². The van der Waals surface area contributed by atoms with Gasteiger partial charge < -0.3 is 5.32 Å². The molecule has 1 fully saturated rings. The number of nitrogens with one attached hydrogen (secondary N) is 1. The minimum absolute atomic E-state index is 0.582. The molecule has 2 heterocycles. The molecule has 1 N–H and O–H groups in total. The minimum Gasteiger partial charge on any atom is -0.315 e. The maximum absolute atomic E-state index is 4.47. The van der Waals surface area contributed by atoms with Gasteiger partial charge in [0.05, 0.1) is 11.7 Å². The van der Waals surface area contributed by atoms with E-state index in [1.807, 2.05) is 6.92 Å². The highest BCUT2D eigenvalue weighted by Gasteiger charge is 2.18. The van der Waals surface area contributed by atoms with E-state index in [0.717, 1.165) is 18.8 Å². The third-order valence-electron chi connectivity index (χ3n) is 2.42. The molecule has 66 valence electrons. The van der Waals surface area contributed by atoms with Gasteiger partial charge in [-0.3, -0.25) is 4.68 Å². The number of aryl methyl sites for hydroxylation is 2. The highest BCUT2D eigenvalue weighted by molar-refractivity contribution is 5.08. The largest absolute Gasteiger partial charge is 0.315 e. The Kier molecular flexibility index (Phi) is 1.89. The molecule has 3 nitrogen and oxygen atoms in total. The van der Waals surface area contributed by atoms with Gasteiger partial charge in [-0.2, -0.15) is 5.10 Å². The van der Waals surface area contributed by atoms with E-state index in [-0.39, 0.29) is 0 Å². The molecular weight excluding hydrogens is 150 g/mol. The molecule has 0 aliphatic carbocycles. The Bertz CT molecular complexity index is 271. The fourth-order valence-electron chi connectivity index (χ4n) is 1.86. The van der Waals surface area contributed by atoms with Crippen LogP contribution >= 0.6 is 0 Å². The van der Waals surface area contributed by atoms with Gasteiger partial charge in [0.15, 0.2) is 0 Å². The summed E-state index contributed by atoms with van der Waals surface area (Å²) in [6, 6.07) is 2.72. The molecular formula is C9H15N3. The van der Waals surface area contributed by atoms with Gasteiger partial charge in [-0.25, -0.2) is 0 Å². The van der Waals surface area contributed by atoms with Gasteiger partial charge in [0.2, 0.25) is 0 Å². The molecule has 1 atom stereocenters. The van der Waals surface area contributed by atoms with Gasteiger partial charge in [-0.15, -0.1) is 0 Å². The fraction of sp³-hybridized carbons (Fsp3) is 0.667. The van der Waals surface area contributed by atoms with Crippen LogP contribution < -0.4 is 5.32 Å². The summed E-state index contributed by atoms with van der Waals surface area (Å²) >= 11 is 0. The topological polar surface area (TPSA) is 29.9 Å². The zero-order valence-electron chi connectivity index (χ0n) is 7.67. The second-order valence-corrected chi connectivity index (χ2v) is 3.52. The number of aromatic nitrogens is 2. The summed E-state index contributed by atoms with van der Waals surface area (Å²) in [7, 11) is 0. The Hall–Kier alpha value is -0.830. The lowest BCUT2D eigenvalue weighted by atomic mass is 10.2. The first kappa shape index (κ1) is 7.80. The second kappa shape index (κ2) is 2.90. The molecule has 2 rings (SSSR count). The molecule has 1 aliphatic heterocycles. The summed E-state index contributed by atoms with van der Waals surface area (Å²) in [4.78, 5) is 0. The predicted octanol–water partition coefficient (Wildman–Crippen LogP) is 1.03. The van der Waals surface area contributed by atoms with Crippen molar-refractivity contribution in [2.45, 2.75) is 26.3 Å². The molecule has 3 heteroatoms. The molecule has 1 aliphatic rings. The Morgan fingerprint density at radius 3 is 2.92 bits per heavy atom. The van der Waals surface area contributed by atoms with Gasteiger partial charge in [0.1, 0.15) is 0 Å². The maximum Gasteiger partial charge on any atom is 0.0658 e. The van der Waals surface area contributed by atoms with Crippen molar-refractivity contribution < 1.29 is 0 Å². The molecule has 0 spiro atoms. The molecule has 0 bridgehead atoms. The smallest absolute Gasteiger partial charge is 0.0658 e. The van der Waals surface area contributed by atoms with Crippen LogP contribution in [0.4, 0.5) is 0 Å². The normalized spacial score (nSPS) is 23.3. The summed E-state index contributed by atoms with van der Waals surface area (Å²) in [5.74, 6) is 0. The fourth-order valence-corrected chi connectivity index (χ4v) is 1.86. The molecule has 1 aromatic heterocycles. The molecule has 1 aromatic rings. The van der Waals surface area contributed by atoms with Gasteiger partial charge >= 0.3 is 0 Å². The highest BCUT2D eigenvalue weighted by atomic mass is 15.3. The SMILES string of the molecule is Cc1cc(C)n([C@@H]2CCNC2)n1. The van der Waals surface area contributed by atoms with Crippen LogP contribution in [0.1, 0.15) is 23.9 Å². The van der Waals surface area contributed by atoms with Crippen molar-refractivity contribution in [3.05, 3.63) is 17.5 Å². The van der Waals surface area contributed by atoms with E-state index in [1.54, 1.807) is 0 Å². The lowest BCUT2D eigenvalue weighted by molar-refractivity contribution is 0.477. The zero-order chi connectivity index (χ0) is 8.55. The summed E-state index contributed by atoms with van der Waals surface area (Å²) in [6.45, 7) is 6.37. The van der Waals surface area contributed by atoms with Gasteiger partial charge in [-0.05, 0) is 32.9 Å². The van der Waals surface area contributed by atoms with E-state index in [0.29, 0.717) is 6.04 Å². The van der Waals surface area contributed by atoms with Crippen LogP contribution in [0.2, 0.25) is 0 Å². The average molecular weight is 165 g/mol. The number of hydrogen-bond donors (Lipinski definition) is 1. The van der Waals surface area contributed by atoms with Crippen molar-refractivity contribution in [1.82, 2.24) is 15.1 Å². The average Bonchev–Trinajstić information content (AvgIpc) is 2.58. The predicted molar refractivity (Wildman–Crippen MR) is 48.2 cm³/mol. The first-order valence-corrected chi connectivity index (χ1v) is 4.51. The lowest BCUT2D eigenvalue weighted by Gasteiger charge is -2.10. The van der Waals surface area contributed by atoms with Crippen LogP contribution in [0.5, 0.6) is 0 Å². The maximum atomic E-state index is 4.47. The van der Waals surface area contributed by atoms with E-state index in [9.17, 15) is 0 Å². The first-order valence-electron chi connectivity index (χ1n) is 4.51. The number of rotatable bonds is 1. The van der Waals surface area contributed by atoms with Crippen LogP contribution in [0.15, 0.2) is 6.07 Å². The van der Waals surface area contributed by atoms with E-state index < -0.39 is 0 Å². The van der Waals surface area contributed by atoms with Crippen LogP contribution in [0, 0.1) is 13.8 Å². The van der Waals surface area contributed by atoms with Crippen molar-refractivity contribution in [2.75, 3.05) is 13.1 Å². The van der Waals surface area contributed by atoms with Crippen molar-refractivity contribution in [1.29, 1.82) is 0 Å². The van der Waals surface area contributed by atoms with Crippen LogP contribution in [0.3, 0.4) is 0 Å². The summed E-state index contributed by atoms with van der Waals surface area (Å²) in [5, 5.41) is 7.82. The van der Waals surface area contributed by atoms with Crippen molar-refractivity contribution in [3.63, 3.8) is 0 Å². The molecule has 12 heavy (non-hydrogen) atoms. The van der Waals surface area contributed by atoms with Gasteiger partial charge in [0.25, 0.3) is 0 Å². The van der Waals surface area contributed by atoms with E-state index in [4.69, 9.17) is 0 Å². The van der Waals surface area contributed by atoms with Crippen LogP contribution in [-0.4, -0.2) is 22.9 Å². The minimum atomic E-state index is 0.582. The van der Waals surface area contributed by atoms with Crippen molar-refractivity contribution in [3.8, 4) is 0 Å². The van der Waals surface area contributed by atoms with E-state index >= 15 is 0 Å². The molecule has 1 saturated heterocycles. The van der Waals surface area contributed by atoms with Crippen LogP contribution in [-0.2, 0) is 0 Å². The Morgan fingerprint density at radius 2 is 2.42 bits per heavy atom. The number of hydrogen-bond acceptors (Lipinski definition) is 2. The number of nitrogens with zero attached hydrogens (tertiary/aromatic N) is 2. The summed E-state index contributed by atoms with van der Waals surface area (Å²) in [5.41, 5.74) is 2.40. The Balaban J connectivity index is 2.25. The van der Waals surface area contributed by atoms with Crippen LogP contribution in [0.25, 0.3) is 0 Å². The molecule has 0 amide bonds.